The van der Waals surface area contributed by atoms with Crippen LogP contribution in [-0.4, -0.2) is 17.0 Å². The first-order valence-corrected chi connectivity index (χ1v) is 4.72. The Morgan fingerprint density at radius 1 is 1.67 bits per heavy atom. The van der Waals surface area contributed by atoms with Crippen molar-refractivity contribution in [3.05, 3.63) is 25.6 Å². The molecule has 1 rings (SSSR count). The minimum Gasteiger partial charge on any atom is -0.494 e. The molecule has 0 N–H and O–H groups in total. The summed E-state index contributed by atoms with van der Waals surface area (Å²) in [6, 6.07) is 0.941. The standard InChI is InChI=1S/C7H5F2IN2O3/c1-15-4-2-3(12(13)14)5(6(8)9)11-7(4)10/h2,6H,1H3. The van der Waals surface area contributed by atoms with Crippen LogP contribution in [0.4, 0.5) is 14.5 Å². The smallest absolute Gasteiger partial charge is 0.300 e. The van der Waals surface area contributed by atoms with Crippen molar-refractivity contribution < 1.29 is 18.4 Å². The fourth-order valence-corrected chi connectivity index (χ4v) is 1.56. The Morgan fingerprint density at radius 3 is 2.67 bits per heavy atom. The largest absolute Gasteiger partial charge is 0.494 e. The zero-order valence-electron chi connectivity index (χ0n) is 7.41. The van der Waals surface area contributed by atoms with Gasteiger partial charge in [0.2, 0.25) is 0 Å². The predicted molar refractivity (Wildman–Crippen MR) is 55.1 cm³/mol. The van der Waals surface area contributed by atoms with E-state index in [1.165, 1.54) is 7.11 Å². The monoisotopic (exact) mass is 330 g/mol. The number of hydrogen-bond donors (Lipinski definition) is 0. The van der Waals surface area contributed by atoms with Crippen LogP contribution < -0.4 is 4.74 Å². The van der Waals surface area contributed by atoms with Crippen LogP contribution in [0.3, 0.4) is 0 Å². The molecule has 0 spiro atoms. The lowest BCUT2D eigenvalue weighted by Crippen LogP contribution is -2.02. The Bertz CT molecular complexity index is 400. The highest BCUT2D eigenvalue weighted by atomic mass is 127. The molecule has 0 radical (unpaired) electrons. The lowest BCUT2D eigenvalue weighted by atomic mass is 10.3. The number of nitro groups is 1. The summed E-state index contributed by atoms with van der Waals surface area (Å²) in [6.07, 6.45) is -2.98. The molecule has 1 aromatic heterocycles. The maximum absolute atomic E-state index is 12.4. The Kier molecular flexibility index (Phi) is 3.72. The number of rotatable bonds is 3. The van der Waals surface area contributed by atoms with Gasteiger partial charge in [-0.15, -0.1) is 0 Å². The summed E-state index contributed by atoms with van der Waals surface area (Å²) >= 11 is 1.67. The van der Waals surface area contributed by atoms with Gasteiger partial charge < -0.3 is 4.74 Å². The molecule has 15 heavy (non-hydrogen) atoms. The SMILES string of the molecule is COc1cc([N+](=O)[O-])c(C(F)F)nc1I. The topological polar surface area (TPSA) is 65.3 Å². The summed E-state index contributed by atoms with van der Waals surface area (Å²) in [5.74, 6) is 0.103. The highest BCUT2D eigenvalue weighted by Crippen LogP contribution is 2.32. The van der Waals surface area contributed by atoms with Crippen molar-refractivity contribution in [2.45, 2.75) is 6.43 Å². The molecule has 8 heteroatoms. The number of hydrogen-bond acceptors (Lipinski definition) is 4. The highest BCUT2D eigenvalue weighted by Gasteiger charge is 2.26. The molecule has 82 valence electrons. The number of nitrogens with zero attached hydrogens (tertiary/aromatic N) is 2. The molecule has 0 bridgehead atoms. The molecule has 0 unspecified atom stereocenters. The fraction of sp³-hybridized carbons (Fsp3) is 0.286. The average Bonchev–Trinajstić information content (AvgIpc) is 2.16. The zero-order chi connectivity index (χ0) is 11.6. The number of ether oxygens (including phenoxy) is 1. The summed E-state index contributed by atoms with van der Waals surface area (Å²) < 4.78 is 29.7. The van der Waals surface area contributed by atoms with Crippen LogP contribution >= 0.6 is 22.6 Å². The van der Waals surface area contributed by atoms with E-state index in [4.69, 9.17) is 4.74 Å². The molecule has 1 aromatic rings. The van der Waals surface area contributed by atoms with Crippen LogP contribution in [0.5, 0.6) is 5.75 Å². The number of pyridine rings is 1. The van der Waals surface area contributed by atoms with Crippen LogP contribution in [-0.2, 0) is 0 Å². The number of halogens is 3. The van der Waals surface area contributed by atoms with Crippen molar-refractivity contribution in [1.82, 2.24) is 4.98 Å². The zero-order valence-corrected chi connectivity index (χ0v) is 9.57. The molecule has 0 saturated carbocycles. The molecule has 0 aromatic carbocycles. The lowest BCUT2D eigenvalue weighted by molar-refractivity contribution is -0.386. The van der Waals surface area contributed by atoms with Gasteiger partial charge in [0.15, 0.2) is 11.4 Å². The lowest BCUT2D eigenvalue weighted by Gasteiger charge is -2.05. The summed E-state index contributed by atoms with van der Waals surface area (Å²) in [4.78, 5) is 13.0. The van der Waals surface area contributed by atoms with Crippen molar-refractivity contribution >= 4 is 28.3 Å². The van der Waals surface area contributed by atoms with Crippen molar-refractivity contribution in [3.8, 4) is 5.75 Å². The van der Waals surface area contributed by atoms with E-state index in [9.17, 15) is 18.9 Å². The van der Waals surface area contributed by atoms with Gasteiger partial charge in [0.25, 0.3) is 12.1 Å². The van der Waals surface area contributed by atoms with E-state index >= 15 is 0 Å². The molecule has 0 aliphatic carbocycles. The van der Waals surface area contributed by atoms with Crippen LogP contribution in [0.2, 0.25) is 0 Å². The third-order valence-electron chi connectivity index (χ3n) is 1.58. The first kappa shape index (κ1) is 12.0. The van der Waals surface area contributed by atoms with Gasteiger partial charge in [-0.3, -0.25) is 10.1 Å². The van der Waals surface area contributed by atoms with Gasteiger partial charge in [0, 0.05) is 0 Å². The van der Waals surface area contributed by atoms with E-state index in [-0.39, 0.29) is 9.45 Å². The maximum Gasteiger partial charge on any atom is 0.300 e. The van der Waals surface area contributed by atoms with Crippen molar-refractivity contribution in [3.63, 3.8) is 0 Å². The summed E-state index contributed by atoms with van der Waals surface area (Å²) in [7, 11) is 1.28. The van der Waals surface area contributed by atoms with E-state index in [0.717, 1.165) is 6.07 Å². The second-order valence-electron chi connectivity index (χ2n) is 2.44. The maximum atomic E-state index is 12.4. The first-order chi connectivity index (χ1) is 6.97. The van der Waals surface area contributed by atoms with Crippen LogP contribution in [0, 0.1) is 13.8 Å². The number of aromatic nitrogens is 1. The molecule has 1 heterocycles. The average molecular weight is 330 g/mol. The van der Waals surface area contributed by atoms with E-state index in [0.29, 0.717) is 0 Å². The highest BCUT2D eigenvalue weighted by molar-refractivity contribution is 14.1. The molecule has 0 saturated heterocycles. The van der Waals surface area contributed by atoms with Gasteiger partial charge in [0.05, 0.1) is 18.1 Å². The van der Waals surface area contributed by atoms with Crippen LogP contribution in [0.1, 0.15) is 12.1 Å². The van der Waals surface area contributed by atoms with Gasteiger partial charge in [0.1, 0.15) is 3.70 Å². The second kappa shape index (κ2) is 4.64. The van der Waals surface area contributed by atoms with Crippen molar-refractivity contribution in [2.75, 3.05) is 7.11 Å². The first-order valence-electron chi connectivity index (χ1n) is 3.64. The van der Waals surface area contributed by atoms with E-state index in [1.54, 1.807) is 22.6 Å². The van der Waals surface area contributed by atoms with Gasteiger partial charge in [-0.05, 0) is 22.6 Å². The molecule has 0 fully saturated rings. The predicted octanol–water partition coefficient (Wildman–Crippen LogP) is 2.54. The fourth-order valence-electron chi connectivity index (χ4n) is 0.926. The number of methoxy groups -OCH3 is 1. The molecule has 0 atom stereocenters. The van der Waals surface area contributed by atoms with E-state index < -0.39 is 22.7 Å². The van der Waals surface area contributed by atoms with Gasteiger partial charge in [-0.1, -0.05) is 0 Å². The minimum absolute atomic E-state index is 0.103. The summed E-state index contributed by atoms with van der Waals surface area (Å²) in [5, 5.41) is 10.5. The van der Waals surface area contributed by atoms with Crippen LogP contribution in [0.15, 0.2) is 6.07 Å². The van der Waals surface area contributed by atoms with E-state index in [1.807, 2.05) is 0 Å². The summed E-state index contributed by atoms with van der Waals surface area (Å²) in [6.45, 7) is 0. The van der Waals surface area contributed by atoms with Crippen molar-refractivity contribution in [1.29, 1.82) is 0 Å². The molecular weight excluding hydrogens is 325 g/mol. The Morgan fingerprint density at radius 2 is 2.27 bits per heavy atom. The Balaban J connectivity index is 3.39. The van der Waals surface area contributed by atoms with Gasteiger partial charge >= 0.3 is 0 Å². The number of alkyl halides is 2. The second-order valence-corrected chi connectivity index (χ2v) is 3.47. The minimum atomic E-state index is -2.98. The Labute approximate surface area is 96.7 Å². The molecule has 5 nitrogen and oxygen atoms in total. The third-order valence-corrected chi connectivity index (χ3v) is 2.35. The molecule has 0 amide bonds. The molecular formula is C7H5F2IN2O3. The third kappa shape index (κ3) is 2.49. The molecule has 0 aliphatic heterocycles. The van der Waals surface area contributed by atoms with Crippen molar-refractivity contribution in [2.24, 2.45) is 0 Å². The van der Waals surface area contributed by atoms with Gasteiger partial charge in [-0.2, -0.15) is 0 Å². The Hall–Kier alpha value is -1.06. The van der Waals surface area contributed by atoms with Crippen LogP contribution in [0.25, 0.3) is 0 Å². The van der Waals surface area contributed by atoms with Gasteiger partial charge in [-0.25, -0.2) is 13.8 Å². The summed E-state index contributed by atoms with van der Waals surface area (Å²) in [5.41, 5.74) is -1.58. The molecule has 0 aliphatic rings. The normalized spacial score (nSPS) is 10.5. The van der Waals surface area contributed by atoms with E-state index in [2.05, 4.69) is 4.98 Å². The quantitative estimate of drug-likeness (QED) is 0.370.